The Labute approximate surface area is 126 Å². The predicted octanol–water partition coefficient (Wildman–Crippen LogP) is 3.14. The second-order valence-electron chi connectivity index (χ2n) is 5.46. The van der Waals surface area contributed by atoms with Crippen molar-refractivity contribution in [1.82, 2.24) is 9.97 Å². The summed E-state index contributed by atoms with van der Waals surface area (Å²) in [4.78, 5) is 9.86. The molecule has 0 atom stereocenters. The number of pyridine rings is 1. The summed E-state index contributed by atoms with van der Waals surface area (Å²) < 4.78 is 13.3. The molecule has 1 aliphatic rings. The molecule has 5 heteroatoms. The van der Waals surface area contributed by atoms with Gasteiger partial charge in [-0.2, -0.15) is 5.26 Å². The average Bonchev–Trinajstić information content (AvgIpc) is 2.91. The lowest BCUT2D eigenvalue weighted by Crippen LogP contribution is -2.30. The number of aromatic amines is 1. The monoisotopic (exact) mass is 292 g/mol. The Bertz CT molecular complexity index is 889. The second kappa shape index (κ2) is 4.85. The summed E-state index contributed by atoms with van der Waals surface area (Å²) in [6.07, 6.45) is 2.46. The Balaban J connectivity index is 1.71. The Morgan fingerprint density at radius 1 is 1.27 bits per heavy atom. The summed E-state index contributed by atoms with van der Waals surface area (Å²) in [5.41, 5.74) is 3.78. The number of aromatic nitrogens is 2. The first-order valence-corrected chi connectivity index (χ1v) is 7.14. The van der Waals surface area contributed by atoms with Crippen LogP contribution in [0.5, 0.6) is 0 Å². The largest absolute Gasteiger partial charge is 0.358 e. The molecular formula is C17H13FN4. The second-order valence-corrected chi connectivity index (χ2v) is 5.46. The van der Waals surface area contributed by atoms with Crippen LogP contribution >= 0.6 is 0 Å². The normalized spacial score (nSPS) is 13.9. The van der Waals surface area contributed by atoms with Crippen LogP contribution in [0.4, 0.5) is 10.2 Å². The molecule has 0 saturated carbocycles. The molecule has 0 saturated heterocycles. The average molecular weight is 292 g/mol. The van der Waals surface area contributed by atoms with E-state index in [0.717, 1.165) is 36.2 Å². The lowest BCUT2D eigenvalue weighted by Gasteiger charge is -2.28. The van der Waals surface area contributed by atoms with Crippen LogP contribution in [-0.2, 0) is 13.0 Å². The molecule has 22 heavy (non-hydrogen) atoms. The SMILES string of the molecule is N#Cc1ccc(N2CCc3[nH]c4cc(F)ccc4c3C2)nc1. The van der Waals surface area contributed by atoms with Crippen molar-refractivity contribution in [3.8, 4) is 6.07 Å². The molecule has 0 radical (unpaired) electrons. The number of anilines is 1. The van der Waals surface area contributed by atoms with Gasteiger partial charge in [0.15, 0.2) is 0 Å². The molecular weight excluding hydrogens is 279 g/mol. The minimum atomic E-state index is -0.225. The van der Waals surface area contributed by atoms with E-state index in [4.69, 9.17) is 5.26 Å². The minimum Gasteiger partial charge on any atom is -0.358 e. The lowest BCUT2D eigenvalue weighted by atomic mass is 10.0. The molecule has 3 aromatic rings. The first-order chi connectivity index (χ1) is 10.7. The maximum Gasteiger partial charge on any atom is 0.128 e. The van der Waals surface area contributed by atoms with Gasteiger partial charge in [0.1, 0.15) is 17.7 Å². The first-order valence-electron chi connectivity index (χ1n) is 7.14. The van der Waals surface area contributed by atoms with Crippen molar-refractivity contribution in [3.63, 3.8) is 0 Å². The molecule has 1 aliphatic heterocycles. The molecule has 4 nitrogen and oxygen atoms in total. The van der Waals surface area contributed by atoms with E-state index >= 15 is 0 Å². The fourth-order valence-electron chi connectivity index (χ4n) is 3.03. The molecule has 0 amide bonds. The highest BCUT2D eigenvalue weighted by Gasteiger charge is 2.21. The Morgan fingerprint density at radius 3 is 2.95 bits per heavy atom. The molecule has 1 N–H and O–H groups in total. The van der Waals surface area contributed by atoms with Gasteiger partial charge < -0.3 is 9.88 Å². The van der Waals surface area contributed by atoms with E-state index in [1.807, 2.05) is 12.1 Å². The quantitative estimate of drug-likeness (QED) is 0.749. The molecule has 0 fully saturated rings. The first kappa shape index (κ1) is 12.8. The van der Waals surface area contributed by atoms with E-state index in [-0.39, 0.29) is 5.82 Å². The van der Waals surface area contributed by atoms with Crippen molar-refractivity contribution >= 4 is 16.7 Å². The van der Waals surface area contributed by atoms with Gasteiger partial charge in [0.05, 0.1) is 5.56 Å². The molecule has 0 spiro atoms. The van der Waals surface area contributed by atoms with Gasteiger partial charge in [-0.3, -0.25) is 0 Å². The molecule has 3 heterocycles. The summed E-state index contributed by atoms with van der Waals surface area (Å²) in [5, 5.41) is 9.91. The number of benzene rings is 1. The van der Waals surface area contributed by atoms with Gasteiger partial charge in [0.2, 0.25) is 0 Å². The highest BCUT2D eigenvalue weighted by molar-refractivity contribution is 5.85. The van der Waals surface area contributed by atoms with E-state index in [0.29, 0.717) is 5.56 Å². The van der Waals surface area contributed by atoms with E-state index in [1.54, 1.807) is 12.3 Å². The van der Waals surface area contributed by atoms with E-state index < -0.39 is 0 Å². The molecule has 108 valence electrons. The lowest BCUT2D eigenvalue weighted by molar-refractivity contribution is 0.629. The number of halogens is 1. The van der Waals surface area contributed by atoms with Gasteiger partial charge >= 0.3 is 0 Å². The van der Waals surface area contributed by atoms with Crippen LogP contribution in [0.3, 0.4) is 0 Å². The number of hydrogen-bond acceptors (Lipinski definition) is 3. The van der Waals surface area contributed by atoms with E-state index in [9.17, 15) is 4.39 Å². The summed E-state index contributed by atoms with van der Waals surface area (Å²) >= 11 is 0. The topological polar surface area (TPSA) is 55.7 Å². The van der Waals surface area contributed by atoms with Gasteiger partial charge in [-0.05, 0) is 30.3 Å². The fourth-order valence-corrected chi connectivity index (χ4v) is 3.03. The highest BCUT2D eigenvalue weighted by Crippen LogP contribution is 2.30. The molecule has 4 rings (SSSR count). The van der Waals surface area contributed by atoms with Gasteiger partial charge in [0, 0.05) is 47.9 Å². The van der Waals surface area contributed by atoms with Crippen molar-refractivity contribution in [2.24, 2.45) is 0 Å². The maximum atomic E-state index is 13.3. The summed E-state index contributed by atoms with van der Waals surface area (Å²) in [7, 11) is 0. The molecule has 2 aromatic heterocycles. The van der Waals surface area contributed by atoms with Crippen LogP contribution < -0.4 is 4.90 Å². The predicted molar refractivity (Wildman–Crippen MR) is 82.0 cm³/mol. The van der Waals surface area contributed by atoms with E-state index in [1.165, 1.54) is 23.4 Å². The number of rotatable bonds is 1. The maximum absolute atomic E-state index is 13.3. The van der Waals surface area contributed by atoms with Crippen LogP contribution in [-0.4, -0.2) is 16.5 Å². The van der Waals surface area contributed by atoms with E-state index in [2.05, 4.69) is 20.9 Å². The summed E-state index contributed by atoms with van der Waals surface area (Å²) in [6, 6.07) is 10.6. The third kappa shape index (κ3) is 2.01. The Kier molecular flexibility index (Phi) is 2.83. The number of nitrogens with one attached hydrogen (secondary N) is 1. The number of fused-ring (bicyclic) bond motifs is 3. The van der Waals surface area contributed by atoms with Crippen molar-refractivity contribution in [2.45, 2.75) is 13.0 Å². The van der Waals surface area contributed by atoms with Gasteiger partial charge in [-0.1, -0.05) is 0 Å². The zero-order chi connectivity index (χ0) is 15.1. The smallest absolute Gasteiger partial charge is 0.128 e. The van der Waals surface area contributed by atoms with Crippen molar-refractivity contribution < 1.29 is 4.39 Å². The minimum absolute atomic E-state index is 0.225. The molecule has 0 aliphatic carbocycles. The Hall–Kier alpha value is -2.87. The molecule has 0 bridgehead atoms. The highest BCUT2D eigenvalue weighted by atomic mass is 19.1. The molecule has 1 aromatic carbocycles. The van der Waals surface area contributed by atoms with Crippen LogP contribution in [0.1, 0.15) is 16.8 Å². The van der Waals surface area contributed by atoms with Crippen molar-refractivity contribution in [3.05, 3.63) is 59.2 Å². The number of hydrogen-bond donors (Lipinski definition) is 1. The third-order valence-electron chi connectivity index (χ3n) is 4.14. The van der Waals surface area contributed by atoms with Gasteiger partial charge in [-0.15, -0.1) is 0 Å². The van der Waals surface area contributed by atoms with Gasteiger partial charge in [-0.25, -0.2) is 9.37 Å². The number of nitriles is 1. The standard InChI is InChI=1S/C17H13FN4/c18-12-2-3-13-14-10-22(6-5-15(14)21-16(13)7-12)17-4-1-11(8-19)9-20-17/h1-4,7,9,21H,5-6,10H2. The molecule has 0 unspecified atom stereocenters. The van der Waals surface area contributed by atoms with Crippen LogP contribution in [0.25, 0.3) is 10.9 Å². The zero-order valence-electron chi connectivity index (χ0n) is 11.8. The summed E-state index contributed by atoms with van der Waals surface area (Å²) in [6.45, 7) is 1.58. The zero-order valence-corrected chi connectivity index (χ0v) is 11.8. The van der Waals surface area contributed by atoms with Crippen molar-refractivity contribution in [2.75, 3.05) is 11.4 Å². The number of H-pyrrole nitrogens is 1. The van der Waals surface area contributed by atoms with Crippen LogP contribution in [0, 0.1) is 17.1 Å². The fraction of sp³-hybridized carbons (Fsp3) is 0.176. The Morgan fingerprint density at radius 2 is 2.18 bits per heavy atom. The number of nitrogens with zero attached hydrogens (tertiary/aromatic N) is 3. The third-order valence-corrected chi connectivity index (χ3v) is 4.14. The summed E-state index contributed by atoms with van der Waals surface area (Å²) in [5.74, 6) is 0.637. The van der Waals surface area contributed by atoms with Gasteiger partial charge in [0.25, 0.3) is 0 Å². The van der Waals surface area contributed by atoms with Crippen LogP contribution in [0.2, 0.25) is 0 Å². The van der Waals surface area contributed by atoms with Crippen LogP contribution in [0.15, 0.2) is 36.5 Å². The van der Waals surface area contributed by atoms with Crippen molar-refractivity contribution in [1.29, 1.82) is 5.26 Å².